The average Bonchev–Trinajstić information content (AvgIpc) is 2.40. The average molecular weight is 257 g/mol. The third-order valence-electron chi connectivity index (χ3n) is 2.33. The Labute approximate surface area is 109 Å². The minimum atomic E-state index is -1.10. The number of carboxylic acid groups (broad SMARTS) is 1. The highest BCUT2D eigenvalue weighted by atomic mass is 16.4. The van der Waals surface area contributed by atoms with Crippen LogP contribution in [0.25, 0.3) is 0 Å². The van der Waals surface area contributed by atoms with Crippen molar-refractivity contribution >= 4 is 17.6 Å². The van der Waals surface area contributed by atoms with E-state index in [4.69, 9.17) is 5.11 Å². The first kappa shape index (κ1) is 12.7. The number of aromatic carboxylic acids is 1. The molecule has 0 aliphatic carbocycles. The van der Waals surface area contributed by atoms with E-state index in [2.05, 4.69) is 15.3 Å². The van der Waals surface area contributed by atoms with Gasteiger partial charge >= 0.3 is 5.97 Å². The first-order chi connectivity index (χ1) is 9.15. The molecular weight excluding hydrogens is 246 g/mol. The second-order valence-corrected chi connectivity index (χ2v) is 3.78. The highest BCUT2D eigenvalue weighted by Gasteiger charge is 2.08. The van der Waals surface area contributed by atoms with Crippen molar-refractivity contribution in [3.63, 3.8) is 0 Å². The molecule has 0 unspecified atom stereocenters. The highest BCUT2D eigenvalue weighted by Crippen LogP contribution is 2.05. The van der Waals surface area contributed by atoms with E-state index in [1.807, 2.05) is 18.2 Å². The van der Waals surface area contributed by atoms with Crippen molar-refractivity contribution in [2.75, 3.05) is 5.32 Å². The molecule has 0 saturated carbocycles. The van der Waals surface area contributed by atoms with Crippen molar-refractivity contribution in [2.45, 2.75) is 6.42 Å². The number of hydrogen-bond donors (Lipinski definition) is 2. The predicted molar refractivity (Wildman–Crippen MR) is 67.8 cm³/mol. The minimum absolute atomic E-state index is 0.00517. The van der Waals surface area contributed by atoms with Gasteiger partial charge in [0.25, 0.3) is 0 Å². The molecule has 2 rings (SSSR count). The van der Waals surface area contributed by atoms with Crippen LogP contribution in [0.3, 0.4) is 0 Å². The molecule has 0 spiro atoms. The molecule has 1 aromatic heterocycles. The highest BCUT2D eigenvalue weighted by molar-refractivity contribution is 5.91. The fourth-order valence-corrected chi connectivity index (χ4v) is 1.43. The SMILES string of the molecule is O=C(Cc1ncc(C(=O)O)cn1)Nc1ccccc1. The van der Waals surface area contributed by atoms with E-state index >= 15 is 0 Å². The van der Waals surface area contributed by atoms with Crippen molar-refractivity contribution in [3.8, 4) is 0 Å². The fourth-order valence-electron chi connectivity index (χ4n) is 1.43. The number of rotatable bonds is 4. The van der Waals surface area contributed by atoms with Crippen LogP contribution in [-0.4, -0.2) is 27.0 Å². The molecule has 0 bridgehead atoms. The van der Waals surface area contributed by atoms with E-state index in [9.17, 15) is 9.59 Å². The molecule has 1 aromatic carbocycles. The Balaban J connectivity index is 1.97. The maximum atomic E-state index is 11.7. The summed E-state index contributed by atoms with van der Waals surface area (Å²) in [6, 6.07) is 9.02. The molecule has 1 heterocycles. The monoisotopic (exact) mass is 257 g/mol. The van der Waals surface area contributed by atoms with Crippen molar-refractivity contribution in [1.82, 2.24) is 9.97 Å². The van der Waals surface area contributed by atoms with Gasteiger partial charge in [-0.3, -0.25) is 4.79 Å². The van der Waals surface area contributed by atoms with Gasteiger partial charge in [-0.15, -0.1) is 0 Å². The summed E-state index contributed by atoms with van der Waals surface area (Å²) in [6.07, 6.45) is 2.36. The molecule has 6 heteroatoms. The zero-order valence-corrected chi connectivity index (χ0v) is 9.91. The second kappa shape index (κ2) is 5.72. The third-order valence-corrected chi connectivity index (χ3v) is 2.33. The van der Waals surface area contributed by atoms with Gasteiger partial charge in [0.1, 0.15) is 5.82 Å². The van der Waals surface area contributed by atoms with Crippen LogP contribution in [0.15, 0.2) is 42.7 Å². The van der Waals surface area contributed by atoms with E-state index in [0.29, 0.717) is 5.69 Å². The minimum Gasteiger partial charge on any atom is -0.478 e. The second-order valence-electron chi connectivity index (χ2n) is 3.78. The molecule has 0 saturated heterocycles. The van der Waals surface area contributed by atoms with Crippen molar-refractivity contribution in [3.05, 3.63) is 54.1 Å². The lowest BCUT2D eigenvalue weighted by atomic mass is 10.3. The van der Waals surface area contributed by atoms with Gasteiger partial charge in [-0.25, -0.2) is 14.8 Å². The number of carbonyl (C=O) groups excluding carboxylic acids is 1. The Morgan fingerprint density at radius 2 is 1.74 bits per heavy atom. The number of para-hydroxylation sites is 1. The Morgan fingerprint density at radius 3 is 2.32 bits per heavy atom. The quantitative estimate of drug-likeness (QED) is 0.862. The maximum absolute atomic E-state index is 11.7. The molecule has 96 valence electrons. The Morgan fingerprint density at radius 1 is 1.11 bits per heavy atom. The van der Waals surface area contributed by atoms with Crippen LogP contribution >= 0.6 is 0 Å². The van der Waals surface area contributed by atoms with E-state index in [1.165, 1.54) is 12.4 Å². The van der Waals surface area contributed by atoms with Gasteiger partial charge in [0.15, 0.2) is 0 Å². The lowest BCUT2D eigenvalue weighted by Crippen LogP contribution is -2.16. The third kappa shape index (κ3) is 3.60. The summed E-state index contributed by atoms with van der Waals surface area (Å²) >= 11 is 0. The molecule has 6 nitrogen and oxygen atoms in total. The van der Waals surface area contributed by atoms with Gasteiger partial charge in [-0.2, -0.15) is 0 Å². The lowest BCUT2D eigenvalue weighted by molar-refractivity contribution is -0.115. The number of amides is 1. The fraction of sp³-hybridized carbons (Fsp3) is 0.0769. The van der Waals surface area contributed by atoms with Crippen LogP contribution in [0.2, 0.25) is 0 Å². The van der Waals surface area contributed by atoms with Gasteiger partial charge in [-0.1, -0.05) is 18.2 Å². The molecule has 0 aliphatic heterocycles. The van der Waals surface area contributed by atoms with E-state index < -0.39 is 5.97 Å². The summed E-state index contributed by atoms with van der Waals surface area (Å²) in [5, 5.41) is 11.4. The van der Waals surface area contributed by atoms with Crippen LogP contribution in [0.1, 0.15) is 16.2 Å². The Bertz CT molecular complexity index is 582. The number of carboxylic acids is 1. The molecule has 2 aromatic rings. The number of anilines is 1. The summed E-state index contributed by atoms with van der Waals surface area (Å²) in [7, 11) is 0. The summed E-state index contributed by atoms with van der Waals surface area (Å²) in [5.41, 5.74) is 0.682. The molecular formula is C13H11N3O3. The number of carbonyl (C=O) groups is 2. The molecule has 0 atom stereocenters. The summed E-state index contributed by atoms with van der Waals surface area (Å²) < 4.78 is 0. The van der Waals surface area contributed by atoms with E-state index in [-0.39, 0.29) is 23.7 Å². The first-order valence-corrected chi connectivity index (χ1v) is 5.54. The normalized spacial score (nSPS) is 9.89. The zero-order chi connectivity index (χ0) is 13.7. The maximum Gasteiger partial charge on any atom is 0.338 e. The topological polar surface area (TPSA) is 92.2 Å². The lowest BCUT2D eigenvalue weighted by Gasteiger charge is -2.04. The predicted octanol–water partition coefficient (Wildman–Crippen LogP) is 1.36. The number of benzene rings is 1. The van der Waals surface area contributed by atoms with Crippen LogP contribution in [-0.2, 0) is 11.2 Å². The standard InChI is InChI=1S/C13H11N3O3/c17-12(16-10-4-2-1-3-5-10)6-11-14-7-9(8-15-11)13(18)19/h1-5,7-8H,6H2,(H,16,17)(H,18,19). The van der Waals surface area contributed by atoms with Gasteiger partial charge in [0.2, 0.25) is 5.91 Å². The van der Waals surface area contributed by atoms with Crippen molar-refractivity contribution in [1.29, 1.82) is 0 Å². The Hall–Kier alpha value is -2.76. The summed E-state index contributed by atoms with van der Waals surface area (Å²) in [5.74, 6) is -1.08. The molecule has 0 aliphatic rings. The number of nitrogens with zero attached hydrogens (tertiary/aromatic N) is 2. The van der Waals surface area contributed by atoms with E-state index in [1.54, 1.807) is 12.1 Å². The molecule has 1 amide bonds. The van der Waals surface area contributed by atoms with Gasteiger partial charge in [0.05, 0.1) is 12.0 Å². The van der Waals surface area contributed by atoms with Gasteiger partial charge in [-0.05, 0) is 12.1 Å². The zero-order valence-electron chi connectivity index (χ0n) is 9.91. The molecule has 0 radical (unpaired) electrons. The van der Waals surface area contributed by atoms with Crippen LogP contribution in [0, 0.1) is 0 Å². The molecule has 2 N–H and O–H groups in total. The smallest absolute Gasteiger partial charge is 0.338 e. The largest absolute Gasteiger partial charge is 0.478 e. The van der Waals surface area contributed by atoms with Crippen molar-refractivity contribution < 1.29 is 14.7 Å². The van der Waals surface area contributed by atoms with Crippen molar-refractivity contribution in [2.24, 2.45) is 0 Å². The molecule has 0 fully saturated rings. The summed E-state index contributed by atoms with van der Waals surface area (Å²) in [4.78, 5) is 30.0. The number of nitrogens with one attached hydrogen (secondary N) is 1. The Kier molecular flexibility index (Phi) is 3.82. The molecule has 19 heavy (non-hydrogen) atoms. The van der Waals surface area contributed by atoms with Crippen LogP contribution < -0.4 is 5.32 Å². The van der Waals surface area contributed by atoms with Gasteiger partial charge in [0, 0.05) is 18.1 Å². The first-order valence-electron chi connectivity index (χ1n) is 5.54. The number of aromatic nitrogens is 2. The van der Waals surface area contributed by atoms with Gasteiger partial charge < -0.3 is 10.4 Å². The number of hydrogen-bond acceptors (Lipinski definition) is 4. The van der Waals surface area contributed by atoms with Crippen LogP contribution in [0.5, 0.6) is 0 Å². The summed E-state index contributed by atoms with van der Waals surface area (Å²) in [6.45, 7) is 0. The van der Waals surface area contributed by atoms with Crippen LogP contribution in [0.4, 0.5) is 5.69 Å². The van der Waals surface area contributed by atoms with E-state index in [0.717, 1.165) is 0 Å².